The van der Waals surface area contributed by atoms with Crippen molar-refractivity contribution in [2.45, 2.75) is 19.9 Å². The molecule has 2 heterocycles. The first-order chi connectivity index (χ1) is 13.6. The first-order valence-corrected chi connectivity index (χ1v) is 9.30. The van der Waals surface area contributed by atoms with Crippen molar-refractivity contribution in [1.82, 2.24) is 9.38 Å². The van der Waals surface area contributed by atoms with E-state index in [0.29, 0.717) is 5.56 Å². The van der Waals surface area contributed by atoms with Gasteiger partial charge in [0, 0.05) is 41.7 Å². The lowest BCUT2D eigenvalue weighted by Gasteiger charge is -2.27. The van der Waals surface area contributed by atoms with Gasteiger partial charge < -0.3 is 14.6 Å². The van der Waals surface area contributed by atoms with Crippen LogP contribution in [0.25, 0.3) is 5.65 Å². The van der Waals surface area contributed by atoms with Crippen molar-refractivity contribution in [1.29, 1.82) is 0 Å². The average Bonchev–Trinajstić information content (AvgIpc) is 3.18. The second-order valence-corrected chi connectivity index (χ2v) is 6.92. The summed E-state index contributed by atoms with van der Waals surface area (Å²) in [5.74, 6) is -0.0330. The molecule has 0 fully saturated rings. The van der Waals surface area contributed by atoms with Crippen molar-refractivity contribution in [3.05, 3.63) is 90.9 Å². The maximum atomic E-state index is 13.2. The molecule has 2 aromatic carbocycles. The topological polar surface area (TPSA) is 49.6 Å². The van der Waals surface area contributed by atoms with Crippen LogP contribution in [0.3, 0.4) is 0 Å². The fraction of sp³-hybridized carbons (Fsp3) is 0.130. The zero-order chi connectivity index (χ0) is 19.5. The number of carbonyl (C=O) groups excluding carboxylic acids is 1. The molecule has 1 amide bonds. The van der Waals surface area contributed by atoms with Gasteiger partial charge in [-0.15, -0.1) is 0 Å². The molecule has 1 N–H and O–H groups in total. The van der Waals surface area contributed by atoms with Crippen molar-refractivity contribution in [2.75, 3.05) is 10.2 Å². The number of para-hydroxylation sites is 1. The maximum Gasteiger partial charge on any atom is 0.260 e. The second-order valence-electron chi connectivity index (χ2n) is 6.92. The molecule has 0 saturated heterocycles. The van der Waals surface area contributed by atoms with Crippen molar-refractivity contribution in [3.8, 4) is 0 Å². The molecule has 0 spiro atoms. The third-order valence-corrected chi connectivity index (χ3v) is 4.58. The van der Waals surface area contributed by atoms with Crippen LogP contribution in [0.1, 0.15) is 24.2 Å². The van der Waals surface area contributed by atoms with Crippen molar-refractivity contribution < 1.29 is 4.79 Å². The SMILES string of the molecule is CC(C)N(C(=O)c1ccc2nccn2c1)c1ccc(Nc2ccccc2)cc1. The molecule has 0 aliphatic heterocycles. The van der Waals surface area contributed by atoms with Crippen LogP contribution in [0, 0.1) is 0 Å². The smallest absolute Gasteiger partial charge is 0.260 e. The molecule has 0 bridgehead atoms. The molecule has 4 rings (SSSR count). The molecular formula is C23H22N4O. The number of carbonyl (C=O) groups is 1. The Morgan fingerprint density at radius 2 is 1.68 bits per heavy atom. The Bertz CT molecular complexity index is 1080. The Kier molecular flexibility index (Phi) is 4.81. The summed E-state index contributed by atoms with van der Waals surface area (Å²) in [6.07, 6.45) is 5.39. The van der Waals surface area contributed by atoms with E-state index in [1.165, 1.54) is 0 Å². The third-order valence-electron chi connectivity index (χ3n) is 4.58. The molecular weight excluding hydrogens is 348 g/mol. The second kappa shape index (κ2) is 7.56. The summed E-state index contributed by atoms with van der Waals surface area (Å²) >= 11 is 0. The third kappa shape index (κ3) is 3.60. The number of fused-ring (bicyclic) bond motifs is 1. The Labute approximate surface area is 164 Å². The number of nitrogens with one attached hydrogen (secondary N) is 1. The lowest BCUT2D eigenvalue weighted by Crippen LogP contribution is -2.37. The number of benzene rings is 2. The fourth-order valence-corrected chi connectivity index (χ4v) is 3.23. The Balaban J connectivity index is 1.59. The van der Waals surface area contributed by atoms with Gasteiger partial charge in [0.25, 0.3) is 5.91 Å². The molecule has 0 saturated carbocycles. The average molecular weight is 370 g/mol. The minimum absolute atomic E-state index is 0.0268. The van der Waals surface area contributed by atoms with Crippen LogP contribution in [0.5, 0.6) is 0 Å². The number of aromatic nitrogens is 2. The van der Waals surface area contributed by atoms with Crippen LogP contribution < -0.4 is 10.2 Å². The van der Waals surface area contributed by atoms with Gasteiger partial charge in [-0.2, -0.15) is 0 Å². The normalized spacial score (nSPS) is 11.0. The predicted octanol–water partition coefficient (Wildman–Crippen LogP) is 5.13. The number of rotatable bonds is 5. The molecule has 5 heteroatoms. The van der Waals surface area contributed by atoms with E-state index in [-0.39, 0.29) is 11.9 Å². The van der Waals surface area contributed by atoms with Gasteiger partial charge in [-0.1, -0.05) is 18.2 Å². The number of anilines is 3. The summed E-state index contributed by atoms with van der Waals surface area (Å²) in [5.41, 5.74) is 4.32. The van der Waals surface area contributed by atoms with Gasteiger partial charge in [-0.05, 0) is 62.4 Å². The van der Waals surface area contributed by atoms with Gasteiger partial charge in [0.15, 0.2) is 0 Å². The van der Waals surface area contributed by atoms with Crippen LogP contribution in [-0.4, -0.2) is 21.3 Å². The largest absolute Gasteiger partial charge is 0.356 e. The van der Waals surface area contributed by atoms with E-state index in [9.17, 15) is 4.79 Å². The molecule has 0 aliphatic carbocycles. The van der Waals surface area contributed by atoms with E-state index in [0.717, 1.165) is 22.7 Å². The summed E-state index contributed by atoms with van der Waals surface area (Å²) in [6, 6.07) is 21.6. The molecule has 0 atom stereocenters. The van der Waals surface area contributed by atoms with Crippen molar-refractivity contribution in [3.63, 3.8) is 0 Å². The number of hydrogen-bond acceptors (Lipinski definition) is 3. The van der Waals surface area contributed by atoms with Gasteiger partial charge in [-0.3, -0.25) is 4.79 Å². The number of hydrogen-bond donors (Lipinski definition) is 1. The molecule has 0 aliphatic rings. The van der Waals surface area contributed by atoms with Crippen molar-refractivity contribution in [2.24, 2.45) is 0 Å². The first kappa shape index (κ1) is 17.8. The summed E-state index contributed by atoms with van der Waals surface area (Å²) in [5, 5.41) is 3.36. The van der Waals surface area contributed by atoms with E-state index in [4.69, 9.17) is 0 Å². The monoisotopic (exact) mass is 370 g/mol. The van der Waals surface area contributed by atoms with Crippen LogP contribution in [0.4, 0.5) is 17.1 Å². The summed E-state index contributed by atoms with van der Waals surface area (Å²) in [6.45, 7) is 4.04. The number of pyridine rings is 1. The number of imidazole rings is 1. The first-order valence-electron chi connectivity index (χ1n) is 9.30. The highest BCUT2D eigenvalue weighted by Gasteiger charge is 2.21. The quantitative estimate of drug-likeness (QED) is 0.530. The van der Waals surface area contributed by atoms with E-state index >= 15 is 0 Å². The van der Waals surface area contributed by atoms with Crippen molar-refractivity contribution >= 4 is 28.6 Å². The Morgan fingerprint density at radius 3 is 2.39 bits per heavy atom. The fourth-order valence-electron chi connectivity index (χ4n) is 3.23. The molecule has 4 aromatic rings. The summed E-state index contributed by atoms with van der Waals surface area (Å²) in [4.78, 5) is 19.2. The molecule has 2 aromatic heterocycles. The molecule has 0 unspecified atom stereocenters. The van der Waals surface area contributed by atoms with Gasteiger partial charge in [0.1, 0.15) is 5.65 Å². The lowest BCUT2D eigenvalue weighted by atomic mass is 10.1. The number of amides is 1. The lowest BCUT2D eigenvalue weighted by molar-refractivity contribution is 0.0980. The molecule has 5 nitrogen and oxygen atoms in total. The van der Waals surface area contributed by atoms with E-state index in [1.54, 1.807) is 6.20 Å². The Morgan fingerprint density at radius 1 is 0.964 bits per heavy atom. The van der Waals surface area contributed by atoms with E-state index in [2.05, 4.69) is 10.3 Å². The Hall–Kier alpha value is -3.60. The van der Waals surface area contributed by atoms with Crippen LogP contribution in [-0.2, 0) is 0 Å². The van der Waals surface area contributed by atoms with Gasteiger partial charge in [0.2, 0.25) is 0 Å². The van der Waals surface area contributed by atoms with Crippen LogP contribution in [0.15, 0.2) is 85.3 Å². The van der Waals surface area contributed by atoms with Gasteiger partial charge in [0.05, 0.1) is 5.56 Å². The highest BCUT2D eigenvalue weighted by atomic mass is 16.2. The minimum atomic E-state index is -0.0330. The maximum absolute atomic E-state index is 13.2. The standard InChI is InChI=1S/C23H22N4O/c1-17(2)27(23(28)18-8-13-22-24-14-15-26(22)16-18)21-11-9-20(10-12-21)25-19-6-4-3-5-7-19/h3-17,25H,1-2H3. The minimum Gasteiger partial charge on any atom is -0.356 e. The molecule has 28 heavy (non-hydrogen) atoms. The van der Waals surface area contributed by atoms with E-state index < -0.39 is 0 Å². The zero-order valence-electron chi connectivity index (χ0n) is 15.9. The molecule has 140 valence electrons. The highest BCUT2D eigenvalue weighted by molar-refractivity contribution is 6.06. The zero-order valence-corrected chi connectivity index (χ0v) is 15.9. The predicted molar refractivity (Wildman–Crippen MR) is 113 cm³/mol. The highest BCUT2D eigenvalue weighted by Crippen LogP contribution is 2.24. The summed E-state index contributed by atoms with van der Waals surface area (Å²) in [7, 11) is 0. The van der Waals surface area contributed by atoms with Crippen LogP contribution in [0.2, 0.25) is 0 Å². The van der Waals surface area contributed by atoms with E-state index in [1.807, 2.05) is 102 Å². The summed E-state index contributed by atoms with van der Waals surface area (Å²) < 4.78 is 1.86. The molecule has 0 radical (unpaired) electrons. The number of nitrogens with zero attached hydrogens (tertiary/aromatic N) is 3. The van der Waals surface area contributed by atoms with Gasteiger partial charge in [-0.25, -0.2) is 4.98 Å². The van der Waals surface area contributed by atoms with Crippen LogP contribution >= 0.6 is 0 Å². The van der Waals surface area contributed by atoms with Gasteiger partial charge >= 0.3 is 0 Å².